The fraction of sp³-hybridized carbons (Fsp3) is 0.375. The third-order valence-corrected chi connectivity index (χ3v) is 3.99. The number of benzene rings is 1. The van der Waals surface area contributed by atoms with Crippen LogP contribution in [0.4, 0.5) is 8.78 Å². The largest absolute Gasteiger partial charge is 0.428 e. The molecule has 0 radical (unpaired) electrons. The van der Waals surface area contributed by atoms with Crippen LogP contribution in [0, 0.1) is 11.3 Å². The summed E-state index contributed by atoms with van der Waals surface area (Å²) in [7, 11) is 0. The third-order valence-electron chi connectivity index (χ3n) is 3.99. The Morgan fingerprint density at radius 2 is 2.14 bits per heavy atom. The van der Waals surface area contributed by atoms with Crippen LogP contribution < -0.4 is 4.74 Å². The van der Waals surface area contributed by atoms with Gasteiger partial charge in [-0.15, -0.1) is 0 Å². The minimum absolute atomic E-state index is 0.0111. The molecule has 0 aromatic heterocycles. The van der Waals surface area contributed by atoms with Gasteiger partial charge in [0.2, 0.25) is 5.91 Å². The van der Waals surface area contributed by atoms with Crippen LogP contribution in [0.25, 0.3) is 5.70 Å². The van der Waals surface area contributed by atoms with Gasteiger partial charge in [0.25, 0.3) is 0 Å². The summed E-state index contributed by atoms with van der Waals surface area (Å²) in [5, 5.41) is 9.02. The number of halogens is 2. The van der Waals surface area contributed by atoms with Crippen molar-refractivity contribution >= 4 is 11.6 Å². The van der Waals surface area contributed by atoms with E-state index in [9.17, 15) is 13.6 Å². The highest BCUT2D eigenvalue weighted by molar-refractivity contribution is 5.90. The number of amides is 1. The van der Waals surface area contributed by atoms with Gasteiger partial charge in [0.1, 0.15) is 5.75 Å². The maximum Gasteiger partial charge on any atom is 0.424 e. The summed E-state index contributed by atoms with van der Waals surface area (Å²) < 4.78 is 33.0. The van der Waals surface area contributed by atoms with Crippen molar-refractivity contribution in [1.82, 2.24) is 4.90 Å². The highest BCUT2D eigenvalue weighted by Gasteiger charge is 2.44. The maximum absolute atomic E-state index is 14.1. The van der Waals surface area contributed by atoms with E-state index >= 15 is 0 Å². The molecule has 2 aliphatic heterocycles. The summed E-state index contributed by atoms with van der Waals surface area (Å²) in [6.07, 6.45) is -1.59. The van der Waals surface area contributed by atoms with E-state index in [1.54, 1.807) is 0 Å². The number of piperidine rings is 1. The van der Waals surface area contributed by atoms with E-state index in [-0.39, 0.29) is 22.9 Å². The van der Waals surface area contributed by atoms with Gasteiger partial charge in [0.15, 0.2) is 0 Å². The molecule has 1 saturated heterocycles. The Morgan fingerprint density at radius 3 is 2.82 bits per heavy atom. The molecule has 1 fully saturated rings. The molecule has 0 spiro atoms. The second-order valence-electron chi connectivity index (χ2n) is 5.42. The second kappa shape index (κ2) is 5.09. The summed E-state index contributed by atoms with van der Waals surface area (Å²) in [5.41, 5.74) is 0.582. The monoisotopic (exact) mass is 304 g/mol. The van der Waals surface area contributed by atoms with Crippen molar-refractivity contribution in [1.29, 1.82) is 5.26 Å². The highest BCUT2D eigenvalue weighted by Crippen LogP contribution is 2.44. The van der Waals surface area contributed by atoms with Crippen molar-refractivity contribution in [2.75, 3.05) is 6.54 Å². The Bertz CT molecular complexity index is 719. The lowest BCUT2D eigenvalue weighted by molar-refractivity contribution is -0.145. The first kappa shape index (κ1) is 14.5. The zero-order chi connectivity index (χ0) is 15.9. The average molecular weight is 304 g/mol. The minimum Gasteiger partial charge on any atom is -0.428 e. The molecule has 2 heterocycles. The molecule has 0 unspecified atom stereocenters. The van der Waals surface area contributed by atoms with E-state index < -0.39 is 6.11 Å². The fourth-order valence-electron chi connectivity index (χ4n) is 2.82. The van der Waals surface area contributed by atoms with Crippen LogP contribution in [0.5, 0.6) is 5.75 Å². The third kappa shape index (κ3) is 2.23. The molecule has 0 bridgehead atoms. The first-order chi connectivity index (χ1) is 10.4. The van der Waals surface area contributed by atoms with E-state index in [1.165, 1.54) is 30.0 Å². The quantitative estimate of drug-likeness (QED) is 0.800. The lowest BCUT2D eigenvalue weighted by Gasteiger charge is -2.36. The van der Waals surface area contributed by atoms with Crippen LogP contribution in [-0.4, -0.2) is 23.5 Å². The van der Waals surface area contributed by atoms with Crippen molar-refractivity contribution in [2.24, 2.45) is 0 Å². The molecule has 22 heavy (non-hydrogen) atoms. The number of likely N-dealkylation sites (tertiary alicyclic amines) is 1. The van der Waals surface area contributed by atoms with Gasteiger partial charge in [-0.25, -0.2) is 0 Å². The summed E-state index contributed by atoms with van der Waals surface area (Å²) in [6.45, 7) is 1.66. The predicted octanol–water partition coefficient (Wildman–Crippen LogP) is 3.29. The lowest BCUT2D eigenvalue weighted by atomic mass is 9.97. The Hall–Kier alpha value is -2.42. The first-order valence-electron chi connectivity index (χ1n) is 7.07. The van der Waals surface area contributed by atoms with Gasteiger partial charge in [0, 0.05) is 18.5 Å². The van der Waals surface area contributed by atoms with Crippen LogP contribution in [-0.2, 0) is 4.79 Å². The normalized spacial score (nSPS) is 20.3. The van der Waals surface area contributed by atoms with Crippen LogP contribution >= 0.6 is 0 Å². The fourth-order valence-corrected chi connectivity index (χ4v) is 2.82. The zero-order valence-electron chi connectivity index (χ0n) is 12.0. The number of alkyl halides is 2. The minimum atomic E-state index is -3.46. The number of carbonyl (C=O) groups excluding carboxylic acids is 1. The molecule has 6 heteroatoms. The number of carbonyl (C=O) groups is 1. The molecule has 0 aliphatic carbocycles. The van der Waals surface area contributed by atoms with Gasteiger partial charge in [-0.05, 0) is 38.0 Å². The van der Waals surface area contributed by atoms with Gasteiger partial charge in [-0.1, -0.05) is 0 Å². The Kier molecular flexibility index (Phi) is 3.36. The van der Waals surface area contributed by atoms with Crippen LogP contribution in [0.15, 0.2) is 23.8 Å². The summed E-state index contributed by atoms with van der Waals surface area (Å²) in [6, 6.07) is 6.24. The molecule has 1 aromatic carbocycles. The molecule has 0 N–H and O–H groups in total. The number of rotatable bonds is 1. The molecule has 3 rings (SSSR count). The lowest BCUT2D eigenvalue weighted by Crippen LogP contribution is -2.40. The van der Waals surface area contributed by atoms with Gasteiger partial charge in [-0.3, -0.25) is 4.79 Å². The first-order valence-corrected chi connectivity index (χ1v) is 7.07. The predicted molar refractivity (Wildman–Crippen MR) is 74.9 cm³/mol. The standard InChI is InChI=1S/C16H14F2N2O2/c1-10-15(20-7-3-2-4-14(20)21)12-8-11(9-19)5-6-13(12)22-16(10,17)18/h5-6,8H,2-4,7H2,1H3. The van der Waals surface area contributed by atoms with E-state index in [0.29, 0.717) is 24.1 Å². The summed E-state index contributed by atoms with van der Waals surface area (Å²) in [4.78, 5) is 13.6. The number of hydrogen-bond donors (Lipinski definition) is 0. The Labute approximate surface area is 126 Å². The highest BCUT2D eigenvalue weighted by atomic mass is 19.3. The molecule has 2 aliphatic rings. The number of ether oxygens (including phenoxy) is 1. The van der Waals surface area contributed by atoms with E-state index in [1.807, 2.05) is 6.07 Å². The molecule has 0 atom stereocenters. The second-order valence-corrected chi connectivity index (χ2v) is 5.42. The van der Waals surface area contributed by atoms with Crippen LogP contribution in [0.1, 0.15) is 37.3 Å². The van der Waals surface area contributed by atoms with E-state index in [2.05, 4.69) is 0 Å². The van der Waals surface area contributed by atoms with Gasteiger partial charge < -0.3 is 9.64 Å². The smallest absolute Gasteiger partial charge is 0.424 e. The van der Waals surface area contributed by atoms with Crippen molar-refractivity contribution in [3.63, 3.8) is 0 Å². The topological polar surface area (TPSA) is 53.3 Å². The van der Waals surface area contributed by atoms with Gasteiger partial charge >= 0.3 is 6.11 Å². The van der Waals surface area contributed by atoms with Crippen LogP contribution in [0.2, 0.25) is 0 Å². The molecule has 1 amide bonds. The SMILES string of the molecule is CC1=C(N2CCCCC2=O)c2cc(C#N)ccc2OC1(F)F. The molecular formula is C16H14F2N2O2. The van der Waals surface area contributed by atoms with E-state index in [0.717, 1.165) is 12.8 Å². The Morgan fingerprint density at radius 1 is 1.36 bits per heavy atom. The number of hydrogen-bond acceptors (Lipinski definition) is 3. The Balaban J connectivity index is 2.20. The average Bonchev–Trinajstić information content (AvgIpc) is 2.49. The van der Waals surface area contributed by atoms with Crippen molar-refractivity contribution in [3.05, 3.63) is 34.9 Å². The maximum atomic E-state index is 14.1. The molecule has 114 valence electrons. The van der Waals surface area contributed by atoms with Crippen molar-refractivity contribution in [3.8, 4) is 11.8 Å². The van der Waals surface area contributed by atoms with Crippen molar-refractivity contribution in [2.45, 2.75) is 32.3 Å². The van der Waals surface area contributed by atoms with E-state index in [4.69, 9.17) is 10.00 Å². The number of nitrogens with zero attached hydrogens (tertiary/aromatic N) is 2. The van der Waals surface area contributed by atoms with Gasteiger partial charge in [-0.2, -0.15) is 14.0 Å². The number of fused-ring (bicyclic) bond motifs is 1. The molecule has 4 nitrogen and oxygen atoms in total. The van der Waals surface area contributed by atoms with Crippen molar-refractivity contribution < 1.29 is 18.3 Å². The van der Waals surface area contributed by atoms with Gasteiger partial charge in [0.05, 0.1) is 22.9 Å². The molecule has 0 saturated carbocycles. The molecule has 1 aromatic rings. The zero-order valence-corrected chi connectivity index (χ0v) is 12.0. The van der Waals surface area contributed by atoms with Crippen LogP contribution in [0.3, 0.4) is 0 Å². The molecular weight excluding hydrogens is 290 g/mol. The summed E-state index contributed by atoms with van der Waals surface area (Å²) in [5.74, 6) is -0.186. The summed E-state index contributed by atoms with van der Waals surface area (Å²) >= 11 is 0. The number of nitriles is 1.